The zero-order valence-electron chi connectivity index (χ0n) is 15.5. The van der Waals surface area contributed by atoms with E-state index < -0.39 is 18.0 Å². The number of rotatable bonds is 6. The summed E-state index contributed by atoms with van der Waals surface area (Å²) in [4.78, 5) is 37.2. The van der Waals surface area contributed by atoms with Gasteiger partial charge in [-0.1, -0.05) is 0 Å². The van der Waals surface area contributed by atoms with Crippen molar-refractivity contribution in [3.8, 4) is 5.75 Å². The molecule has 2 aliphatic rings. The molecule has 1 aromatic rings. The van der Waals surface area contributed by atoms with Crippen molar-refractivity contribution in [1.82, 2.24) is 5.32 Å². The van der Waals surface area contributed by atoms with Gasteiger partial charge in [0.2, 0.25) is 0 Å². The molecule has 0 spiro atoms. The van der Waals surface area contributed by atoms with Crippen LogP contribution in [0.25, 0.3) is 0 Å². The first-order valence-corrected chi connectivity index (χ1v) is 9.06. The second kappa shape index (κ2) is 8.39. The van der Waals surface area contributed by atoms with Gasteiger partial charge in [-0.3, -0.25) is 9.59 Å². The van der Waals surface area contributed by atoms with Crippen molar-refractivity contribution >= 4 is 23.6 Å². The number of esters is 1. The van der Waals surface area contributed by atoms with Crippen LogP contribution in [0, 0.1) is 6.92 Å². The number of imide groups is 1. The molecule has 2 aliphatic heterocycles. The van der Waals surface area contributed by atoms with E-state index in [1.54, 1.807) is 18.2 Å². The van der Waals surface area contributed by atoms with Crippen LogP contribution >= 0.6 is 0 Å². The number of anilines is 1. The Bertz CT molecular complexity index is 729. The number of hydrogen-bond donors (Lipinski definition) is 1. The Morgan fingerprint density at radius 3 is 2.70 bits per heavy atom. The SMILES string of the molecule is COC(=O)CC[C@H]1NC(=O)N(c2ccc(OC3CCOCC3)c(C)c2)C1=O. The third-order valence-electron chi connectivity index (χ3n) is 4.76. The molecule has 27 heavy (non-hydrogen) atoms. The van der Waals surface area contributed by atoms with Gasteiger partial charge in [0.15, 0.2) is 0 Å². The Hall–Kier alpha value is -2.61. The predicted molar refractivity (Wildman–Crippen MR) is 96.7 cm³/mol. The lowest BCUT2D eigenvalue weighted by molar-refractivity contribution is -0.140. The number of amides is 3. The highest BCUT2D eigenvalue weighted by Gasteiger charge is 2.39. The number of nitrogens with one attached hydrogen (secondary N) is 1. The molecule has 0 aromatic heterocycles. The maximum absolute atomic E-state index is 12.6. The van der Waals surface area contributed by atoms with Gasteiger partial charge in [-0.25, -0.2) is 9.69 Å². The fourth-order valence-corrected chi connectivity index (χ4v) is 3.21. The van der Waals surface area contributed by atoms with E-state index in [4.69, 9.17) is 9.47 Å². The molecule has 1 N–H and O–H groups in total. The maximum atomic E-state index is 12.6. The number of carbonyl (C=O) groups is 3. The highest BCUT2D eigenvalue weighted by atomic mass is 16.5. The number of ether oxygens (including phenoxy) is 3. The molecular weight excluding hydrogens is 352 g/mol. The Morgan fingerprint density at radius 2 is 2.04 bits per heavy atom. The number of carbonyl (C=O) groups excluding carboxylic acids is 3. The number of hydrogen-bond acceptors (Lipinski definition) is 6. The summed E-state index contributed by atoms with van der Waals surface area (Å²) >= 11 is 0. The van der Waals surface area contributed by atoms with Crippen LogP contribution in [-0.2, 0) is 19.1 Å². The zero-order valence-corrected chi connectivity index (χ0v) is 15.5. The largest absolute Gasteiger partial charge is 0.490 e. The number of nitrogens with zero attached hydrogens (tertiary/aromatic N) is 1. The molecule has 2 saturated heterocycles. The van der Waals surface area contributed by atoms with Gasteiger partial charge in [-0.2, -0.15) is 0 Å². The first kappa shape index (κ1) is 19.2. The topological polar surface area (TPSA) is 94.2 Å². The molecule has 1 aromatic carbocycles. The van der Waals surface area contributed by atoms with Gasteiger partial charge in [-0.15, -0.1) is 0 Å². The normalized spacial score (nSPS) is 20.5. The quantitative estimate of drug-likeness (QED) is 0.602. The van der Waals surface area contributed by atoms with E-state index >= 15 is 0 Å². The molecule has 1 atom stereocenters. The van der Waals surface area contributed by atoms with Crippen LogP contribution < -0.4 is 15.0 Å². The first-order chi connectivity index (χ1) is 13.0. The smallest absolute Gasteiger partial charge is 0.329 e. The third kappa shape index (κ3) is 4.39. The summed E-state index contributed by atoms with van der Waals surface area (Å²) in [5, 5.41) is 2.62. The van der Waals surface area contributed by atoms with Gasteiger partial charge < -0.3 is 19.5 Å². The summed E-state index contributed by atoms with van der Waals surface area (Å²) in [5.41, 5.74) is 1.33. The molecule has 0 aliphatic carbocycles. The number of benzene rings is 1. The van der Waals surface area contributed by atoms with E-state index in [1.807, 2.05) is 6.92 Å². The fraction of sp³-hybridized carbons (Fsp3) is 0.526. The summed E-state index contributed by atoms with van der Waals surface area (Å²) in [6.07, 6.45) is 2.07. The Morgan fingerprint density at radius 1 is 1.30 bits per heavy atom. The molecule has 0 saturated carbocycles. The van der Waals surface area contributed by atoms with Crippen molar-refractivity contribution in [3.05, 3.63) is 23.8 Å². The minimum atomic E-state index is -0.727. The van der Waals surface area contributed by atoms with E-state index in [-0.39, 0.29) is 24.9 Å². The average molecular weight is 376 g/mol. The summed E-state index contributed by atoms with van der Waals surface area (Å²) in [6, 6.07) is 4.02. The molecule has 0 unspecified atom stereocenters. The van der Waals surface area contributed by atoms with Crippen LogP contribution in [0.2, 0.25) is 0 Å². The van der Waals surface area contributed by atoms with Crippen LogP contribution in [0.5, 0.6) is 5.75 Å². The van der Waals surface area contributed by atoms with Crippen molar-refractivity contribution < 1.29 is 28.6 Å². The second-order valence-electron chi connectivity index (χ2n) is 6.67. The molecule has 146 valence electrons. The van der Waals surface area contributed by atoms with Crippen LogP contribution in [0.1, 0.15) is 31.2 Å². The summed E-state index contributed by atoms with van der Waals surface area (Å²) < 4.78 is 15.9. The van der Waals surface area contributed by atoms with Crippen molar-refractivity contribution in [3.63, 3.8) is 0 Å². The zero-order chi connectivity index (χ0) is 19.4. The summed E-state index contributed by atoms with van der Waals surface area (Å²) in [7, 11) is 1.29. The number of aryl methyl sites for hydroxylation is 1. The van der Waals surface area contributed by atoms with Crippen molar-refractivity contribution in [1.29, 1.82) is 0 Å². The van der Waals surface area contributed by atoms with Gasteiger partial charge in [0, 0.05) is 19.3 Å². The minimum absolute atomic E-state index is 0.0674. The molecule has 8 nitrogen and oxygen atoms in total. The number of methoxy groups -OCH3 is 1. The van der Waals surface area contributed by atoms with E-state index in [0.29, 0.717) is 18.9 Å². The molecule has 3 rings (SSSR count). The maximum Gasteiger partial charge on any atom is 0.329 e. The van der Waals surface area contributed by atoms with Crippen molar-refractivity contribution in [2.75, 3.05) is 25.2 Å². The van der Waals surface area contributed by atoms with Crippen LogP contribution in [0.15, 0.2) is 18.2 Å². The molecule has 2 heterocycles. The standard InChI is InChI=1S/C19H24N2O6/c1-12-11-13(3-5-16(12)27-14-7-9-26-10-8-14)21-18(23)15(20-19(21)24)4-6-17(22)25-2/h3,5,11,14-15H,4,6-10H2,1-2H3,(H,20,24)/t15-/m1/s1. The lowest BCUT2D eigenvalue weighted by atomic mass is 10.1. The van der Waals surface area contributed by atoms with Crippen molar-refractivity contribution in [2.24, 2.45) is 0 Å². The van der Waals surface area contributed by atoms with E-state index in [1.165, 1.54) is 7.11 Å². The van der Waals surface area contributed by atoms with Gasteiger partial charge in [0.25, 0.3) is 5.91 Å². The summed E-state index contributed by atoms with van der Waals surface area (Å²) in [6.45, 7) is 3.26. The fourth-order valence-electron chi connectivity index (χ4n) is 3.21. The number of urea groups is 1. The van der Waals surface area contributed by atoms with E-state index in [2.05, 4.69) is 10.1 Å². The molecule has 8 heteroatoms. The Labute approximate surface area is 157 Å². The lowest BCUT2D eigenvalue weighted by Crippen LogP contribution is -2.31. The highest BCUT2D eigenvalue weighted by Crippen LogP contribution is 2.29. The molecular formula is C19H24N2O6. The minimum Gasteiger partial charge on any atom is -0.490 e. The molecule has 0 bridgehead atoms. The van der Waals surface area contributed by atoms with Crippen LogP contribution in [0.4, 0.5) is 10.5 Å². The highest BCUT2D eigenvalue weighted by molar-refractivity contribution is 6.21. The second-order valence-corrected chi connectivity index (χ2v) is 6.67. The lowest BCUT2D eigenvalue weighted by Gasteiger charge is -2.24. The Balaban J connectivity index is 1.68. The van der Waals surface area contributed by atoms with Crippen LogP contribution in [0.3, 0.4) is 0 Å². The van der Waals surface area contributed by atoms with Gasteiger partial charge in [0.05, 0.1) is 26.0 Å². The monoisotopic (exact) mass is 376 g/mol. The van der Waals surface area contributed by atoms with Crippen molar-refractivity contribution in [2.45, 2.75) is 44.8 Å². The summed E-state index contributed by atoms with van der Waals surface area (Å²) in [5.74, 6) is -0.0534. The van der Waals surface area contributed by atoms with Gasteiger partial charge in [-0.05, 0) is 37.1 Å². The molecule has 3 amide bonds. The first-order valence-electron chi connectivity index (χ1n) is 9.06. The van der Waals surface area contributed by atoms with Gasteiger partial charge >= 0.3 is 12.0 Å². The Kier molecular flexibility index (Phi) is 5.95. The van der Waals surface area contributed by atoms with Gasteiger partial charge in [0.1, 0.15) is 17.9 Å². The van der Waals surface area contributed by atoms with Crippen LogP contribution in [-0.4, -0.2) is 50.4 Å². The predicted octanol–water partition coefficient (Wildman–Crippen LogP) is 1.93. The molecule has 2 fully saturated rings. The van der Waals surface area contributed by atoms with E-state index in [9.17, 15) is 14.4 Å². The third-order valence-corrected chi connectivity index (χ3v) is 4.76. The average Bonchev–Trinajstić information content (AvgIpc) is 2.95. The molecule has 0 radical (unpaired) electrons. The van der Waals surface area contributed by atoms with E-state index in [0.717, 1.165) is 29.1 Å².